The van der Waals surface area contributed by atoms with Gasteiger partial charge in [-0.1, -0.05) is 17.7 Å². The number of rotatable bonds is 1. The summed E-state index contributed by atoms with van der Waals surface area (Å²) in [6, 6.07) is 5.88. The molecule has 3 nitrogen and oxygen atoms in total. The van der Waals surface area contributed by atoms with E-state index < -0.39 is 7.12 Å². The van der Waals surface area contributed by atoms with Crippen LogP contribution in [0.3, 0.4) is 0 Å². The number of benzene rings is 1. The Morgan fingerprint density at radius 2 is 1.75 bits per heavy atom. The van der Waals surface area contributed by atoms with Crippen LogP contribution in [0.2, 0.25) is 5.02 Å². The Bertz CT molecular complexity index is 656. The van der Waals surface area contributed by atoms with Gasteiger partial charge in [-0.15, -0.1) is 0 Å². The molecule has 1 aromatic carbocycles. The zero-order chi connectivity index (χ0) is 14.5. The van der Waals surface area contributed by atoms with Crippen LogP contribution >= 0.6 is 11.6 Å². The Morgan fingerprint density at radius 3 is 2.40 bits per heavy atom. The first-order valence-electron chi connectivity index (χ1n) is 6.69. The molecule has 1 fully saturated rings. The molecule has 0 radical (unpaired) electrons. The predicted molar refractivity (Wildman–Crippen MR) is 82.5 cm³/mol. The summed E-state index contributed by atoms with van der Waals surface area (Å²) in [5.74, 6) is 0. The molecular weight excluding hydrogens is 272 g/mol. The van der Waals surface area contributed by atoms with Gasteiger partial charge in [-0.2, -0.15) is 0 Å². The van der Waals surface area contributed by atoms with Crippen LogP contribution in [0.1, 0.15) is 27.7 Å². The Balaban J connectivity index is 2.04. The van der Waals surface area contributed by atoms with Crippen molar-refractivity contribution >= 4 is 35.0 Å². The predicted octanol–water partition coefficient (Wildman–Crippen LogP) is 3.19. The molecule has 20 heavy (non-hydrogen) atoms. The average molecular weight is 290 g/mol. The fraction of sp³-hybridized carbons (Fsp3) is 0.400. The van der Waals surface area contributed by atoms with Crippen molar-refractivity contribution in [2.75, 3.05) is 0 Å². The molecule has 2 aromatic rings. The van der Waals surface area contributed by atoms with Crippen molar-refractivity contribution in [1.82, 2.24) is 4.98 Å². The lowest BCUT2D eigenvalue weighted by molar-refractivity contribution is 0.00578. The molecule has 104 valence electrons. The van der Waals surface area contributed by atoms with E-state index in [0.29, 0.717) is 5.02 Å². The van der Waals surface area contributed by atoms with Crippen molar-refractivity contribution in [3.8, 4) is 0 Å². The molecule has 1 aliphatic rings. The topological polar surface area (TPSA) is 31.4 Å². The Morgan fingerprint density at radius 1 is 1.10 bits per heavy atom. The van der Waals surface area contributed by atoms with Crippen molar-refractivity contribution in [3.05, 3.63) is 35.6 Å². The van der Waals surface area contributed by atoms with Gasteiger partial charge in [0.05, 0.1) is 11.2 Å². The maximum atomic E-state index is 6.33. The minimum atomic E-state index is -0.393. The monoisotopic (exact) mass is 289 g/mol. The molecule has 0 saturated carbocycles. The highest BCUT2D eigenvalue weighted by molar-refractivity contribution is 6.63. The third-order valence-corrected chi connectivity index (χ3v) is 4.57. The van der Waals surface area contributed by atoms with Gasteiger partial charge in [0.2, 0.25) is 0 Å². The summed E-state index contributed by atoms with van der Waals surface area (Å²) < 4.78 is 12.1. The van der Waals surface area contributed by atoms with E-state index in [4.69, 9.17) is 20.9 Å². The molecule has 1 aliphatic heterocycles. The Hall–Kier alpha value is -1.10. The molecule has 0 spiro atoms. The maximum Gasteiger partial charge on any atom is 0.494 e. The molecule has 1 saturated heterocycles. The van der Waals surface area contributed by atoms with E-state index in [1.165, 1.54) is 0 Å². The number of hydrogen-bond acceptors (Lipinski definition) is 3. The lowest BCUT2D eigenvalue weighted by atomic mass is 9.78. The fourth-order valence-corrected chi connectivity index (χ4v) is 2.58. The van der Waals surface area contributed by atoms with Gasteiger partial charge in [0, 0.05) is 22.8 Å². The molecule has 2 heterocycles. The standard InChI is InChI=1S/C15H17BClNO2/c1-14(2)15(3,4)20-16(19-14)11-7-10-5-6-18-9-12(10)13(17)8-11/h5-9H,1-4H3. The zero-order valence-electron chi connectivity index (χ0n) is 12.1. The SMILES string of the molecule is CC1(C)OB(c2cc(Cl)c3cnccc3c2)OC1(C)C. The number of hydrogen-bond donors (Lipinski definition) is 0. The molecule has 0 amide bonds. The molecule has 0 atom stereocenters. The molecular formula is C15H17BClNO2. The first-order chi connectivity index (χ1) is 9.30. The van der Waals surface area contributed by atoms with Gasteiger partial charge in [0.25, 0.3) is 0 Å². The summed E-state index contributed by atoms with van der Waals surface area (Å²) in [5, 5.41) is 2.65. The minimum Gasteiger partial charge on any atom is -0.399 e. The van der Waals surface area contributed by atoms with E-state index in [1.54, 1.807) is 12.4 Å². The second kappa shape index (κ2) is 4.45. The molecule has 0 unspecified atom stereocenters. The van der Waals surface area contributed by atoms with Gasteiger partial charge >= 0.3 is 7.12 Å². The highest BCUT2D eigenvalue weighted by Gasteiger charge is 2.51. The third-order valence-electron chi connectivity index (χ3n) is 4.25. The quantitative estimate of drug-likeness (QED) is 0.756. The van der Waals surface area contributed by atoms with Crippen LogP contribution in [0, 0.1) is 0 Å². The van der Waals surface area contributed by atoms with E-state index in [9.17, 15) is 0 Å². The summed E-state index contributed by atoms with van der Waals surface area (Å²) in [4.78, 5) is 4.10. The van der Waals surface area contributed by atoms with Crippen LogP contribution in [-0.2, 0) is 9.31 Å². The van der Waals surface area contributed by atoms with Gasteiger partial charge in [-0.05, 0) is 50.7 Å². The summed E-state index contributed by atoms with van der Waals surface area (Å²) in [5.41, 5.74) is 0.238. The van der Waals surface area contributed by atoms with Crippen LogP contribution in [0.15, 0.2) is 30.6 Å². The summed E-state index contributed by atoms with van der Waals surface area (Å²) >= 11 is 6.33. The number of pyridine rings is 1. The van der Waals surface area contributed by atoms with Gasteiger partial charge in [-0.3, -0.25) is 4.98 Å². The van der Waals surface area contributed by atoms with Gasteiger partial charge in [0.1, 0.15) is 0 Å². The fourth-order valence-electron chi connectivity index (χ4n) is 2.29. The van der Waals surface area contributed by atoms with E-state index in [0.717, 1.165) is 16.2 Å². The number of nitrogens with zero attached hydrogens (tertiary/aromatic N) is 1. The number of fused-ring (bicyclic) bond motifs is 1. The lowest BCUT2D eigenvalue weighted by Crippen LogP contribution is -2.41. The van der Waals surface area contributed by atoms with Crippen LogP contribution < -0.4 is 5.46 Å². The number of halogens is 1. The molecule has 1 aromatic heterocycles. The van der Waals surface area contributed by atoms with Crippen LogP contribution in [0.5, 0.6) is 0 Å². The van der Waals surface area contributed by atoms with Crippen LogP contribution in [0.4, 0.5) is 0 Å². The summed E-state index contributed by atoms with van der Waals surface area (Å²) in [6.07, 6.45) is 3.53. The van der Waals surface area contributed by atoms with Crippen molar-refractivity contribution in [2.45, 2.75) is 38.9 Å². The van der Waals surface area contributed by atoms with Gasteiger partial charge in [0.15, 0.2) is 0 Å². The van der Waals surface area contributed by atoms with Crippen molar-refractivity contribution in [1.29, 1.82) is 0 Å². The summed E-state index contributed by atoms with van der Waals surface area (Å²) in [6.45, 7) is 8.16. The lowest BCUT2D eigenvalue weighted by Gasteiger charge is -2.32. The van der Waals surface area contributed by atoms with Gasteiger partial charge < -0.3 is 9.31 Å². The van der Waals surface area contributed by atoms with Crippen LogP contribution in [0.25, 0.3) is 10.8 Å². The van der Waals surface area contributed by atoms with E-state index in [-0.39, 0.29) is 11.2 Å². The summed E-state index contributed by atoms with van der Waals surface area (Å²) in [7, 11) is -0.393. The second-order valence-corrected chi connectivity index (χ2v) is 6.59. The molecule has 0 aliphatic carbocycles. The normalized spacial score (nSPS) is 20.6. The van der Waals surface area contributed by atoms with Crippen molar-refractivity contribution in [2.24, 2.45) is 0 Å². The smallest absolute Gasteiger partial charge is 0.399 e. The minimum absolute atomic E-state index is 0.350. The van der Waals surface area contributed by atoms with Gasteiger partial charge in [-0.25, -0.2) is 0 Å². The highest BCUT2D eigenvalue weighted by Crippen LogP contribution is 2.37. The van der Waals surface area contributed by atoms with Crippen LogP contribution in [-0.4, -0.2) is 23.3 Å². The largest absolute Gasteiger partial charge is 0.494 e. The van der Waals surface area contributed by atoms with E-state index in [1.807, 2.05) is 45.9 Å². The molecule has 5 heteroatoms. The first-order valence-corrected chi connectivity index (χ1v) is 7.07. The second-order valence-electron chi connectivity index (χ2n) is 6.19. The third kappa shape index (κ3) is 2.12. The number of aromatic nitrogens is 1. The molecule has 3 rings (SSSR count). The highest BCUT2D eigenvalue weighted by atomic mass is 35.5. The molecule has 0 bridgehead atoms. The maximum absolute atomic E-state index is 6.33. The first kappa shape index (κ1) is 13.9. The van der Waals surface area contributed by atoms with Crippen molar-refractivity contribution < 1.29 is 9.31 Å². The van der Waals surface area contributed by atoms with E-state index in [2.05, 4.69) is 4.98 Å². The average Bonchev–Trinajstić information content (AvgIpc) is 2.58. The molecule has 0 N–H and O–H groups in total. The Kier molecular flexibility index (Phi) is 3.09. The zero-order valence-corrected chi connectivity index (χ0v) is 12.9. The van der Waals surface area contributed by atoms with E-state index >= 15 is 0 Å². The van der Waals surface area contributed by atoms with Crippen molar-refractivity contribution in [3.63, 3.8) is 0 Å². The Labute approximate surface area is 124 Å².